The van der Waals surface area contributed by atoms with Crippen molar-refractivity contribution >= 4 is 12.0 Å². The Labute approximate surface area is 107 Å². The molecule has 0 aliphatic rings. The molecule has 0 spiro atoms. The number of methoxy groups -OCH3 is 1. The van der Waals surface area contributed by atoms with Gasteiger partial charge in [-0.25, -0.2) is 9.59 Å². The monoisotopic (exact) mass is 262 g/mol. The Bertz CT molecular complexity index is 272. The molecule has 0 rings (SSSR count). The number of likely N-dealkylation sites (N-methyl/N-ethyl adjacent to an activating group) is 1. The molecule has 7 nitrogen and oxygen atoms in total. The minimum absolute atomic E-state index is 0.0815. The van der Waals surface area contributed by atoms with Crippen LogP contribution in [0.3, 0.4) is 0 Å². The third-order valence-electron chi connectivity index (χ3n) is 2.36. The van der Waals surface area contributed by atoms with E-state index >= 15 is 0 Å². The zero-order chi connectivity index (χ0) is 14.1. The fourth-order valence-electron chi connectivity index (χ4n) is 1.45. The molecular weight excluding hydrogens is 240 g/mol. The molecule has 2 atom stereocenters. The maximum atomic E-state index is 11.7. The van der Waals surface area contributed by atoms with Crippen LogP contribution in [0, 0.1) is 0 Å². The second-order valence-electron chi connectivity index (χ2n) is 4.12. The van der Waals surface area contributed by atoms with Crippen LogP contribution in [-0.4, -0.2) is 66.6 Å². The van der Waals surface area contributed by atoms with E-state index in [4.69, 9.17) is 9.84 Å². The second kappa shape index (κ2) is 8.71. The molecule has 0 radical (unpaired) electrons. The summed E-state index contributed by atoms with van der Waals surface area (Å²) in [6, 6.07) is -1.42. The molecule has 0 saturated carbocycles. The average Bonchev–Trinajstić information content (AvgIpc) is 2.28. The number of aliphatic hydroxyl groups excluding tert-OH is 1. The molecule has 0 heterocycles. The Morgan fingerprint density at radius 1 is 1.44 bits per heavy atom. The van der Waals surface area contributed by atoms with Gasteiger partial charge in [0.2, 0.25) is 0 Å². The lowest BCUT2D eigenvalue weighted by atomic mass is 10.2. The maximum Gasteiger partial charge on any atom is 0.326 e. The van der Waals surface area contributed by atoms with E-state index in [0.29, 0.717) is 12.8 Å². The van der Waals surface area contributed by atoms with Crippen molar-refractivity contribution in [1.82, 2.24) is 10.2 Å². The highest BCUT2D eigenvalue weighted by atomic mass is 16.5. The summed E-state index contributed by atoms with van der Waals surface area (Å²) in [5, 5.41) is 20.8. The van der Waals surface area contributed by atoms with E-state index in [-0.39, 0.29) is 13.2 Å². The maximum absolute atomic E-state index is 11.7. The molecule has 0 fully saturated rings. The number of hydrogen-bond acceptors (Lipinski definition) is 4. The molecule has 1 unspecified atom stereocenters. The van der Waals surface area contributed by atoms with E-state index in [1.54, 1.807) is 0 Å². The molecule has 7 heteroatoms. The summed E-state index contributed by atoms with van der Waals surface area (Å²) in [4.78, 5) is 23.8. The van der Waals surface area contributed by atoms with Crippen LogP contribution in [0.4, 0.5) is 4.79 Å². The number of carbonyl (C=O) groups is 2. The molecule has 0 aromatic heterocycles. The van der Waals surface area contributed by atoms with Crippen LogP contribution in [-0.2, 0) is 9.53 Å². The highest BCUT2D eigenvalue weighted by Crippen LogP contribution is 1.99. The summed E-state index contributed by atoms with van der Waals surface area (Å²) < 4.78 is 4.74. The predicted octanol–water partition coefficient (Wildman–Crippen LogP) is -0.112. The van der Waals surface area contributed by atoms with Gasteiger partial charge in [0.25, 0.3) is 0 Å². The third kappa shape index (κ3) is 6.41. The van der Waals surface area contributed by atoms with Crippen molar-refractivity contribution in [2.75, 3.05) is 27.3 Å². The van der Waals surface area contributed by atoms with Gasteiger partial charge >= 0.3 is 12.0 Å². The molecule has 0 aliphatic carbocycles. The number of nitrogens with one attached hydrogen (secondary N) is 1. The summed E-state index contributed by atoms with van der Waals surface area (Å²) in [5.74, 6) is -1.06. The highest BCUT2D eigenvalue weighted by Gasteiger charge is 2.21. The smallest absolute Gasteiger partial charge is 0.326 e. The molecule has 3 N–H and O–H groups in total. The summed E-state index contributed by atoms with van der Waals surface area (Å²) in [7, 11) is 2.93. The van der Waals surface area contributed by atoms with Crippen molar-refractivity contribution in [3.63, 3.8) is 0 Å². The van der Waals surface area contributed by atoms with Gasteiger partial charge in [0.1, 0.15) is 6.04 Å². The second-order valence-corrected chi connectivity index (χ2v) is 4.12. The minimum Gasteiger partial charge on any atom is -0.480 e. The van der Waals surface area contributed by atoms with Gasteiger partial charge in [-0.15, -0.1) is 0 Å². The van der Waals surface area contributed by atoms with Gasteiger partial charge in [-0.2, -0.15) is 0 Å². The van der Waals surface area contributed by atoms with Gasteiger partial charge in [-0.3, -0.25) is 0 Å². The van der Waals surface area contributed by atoms with Crippen LogP contribution in [0.15, 0.2) is 0 Å². The summed E-state index contributed by atoms with van der Waals surface area (Å²) in [6.45, 7) is 2.04. The third-order valence-corrected chi connectivity index (χ3v) is 2.36. The topological polar surface area (TPSA) is 99.1 Å². The van der Waals surface area contributed by atoms with Crippen molar-refractivity contribution in [2.45, 2.75) is 31.9 Å². The molecule has 18 heavy (non-hydrogen) atoms. The van der Waals surface area contributed by atoms with Crippen LogP contribution >= 0.6 is 0 Å². The van der Waals surface area contributed by atoms with Gasteiger partial charge < -0.3 is 25.2 Å². The van der Waals surface area contributed by atoms with Gasteiger partial charge in [-0.05, 0) is 6.42 Å². The SMILES string of the molecule is CCC[C@@H](NC(=O)N(C)CC(O)COC)C(=O)O. The summed E-state index contributed by atoms with van der Waals surface area (Å²) in [5.41, 5.74) is 0. The molecule has 0 aromatic rings. The first-order chi connectivity index (χ1) is 8.42. The Morgan fingerprint density at radius 3 is 2.50 bits per heavy atom. The first kappa shape index (κ1) is 16.7. The molecule has 0 aliphatic heterocycles. The standard InChI is InChI=1S/C11H22N2O5/c1-4-5-9(10(15)16)12-11(17)13(2)6-8(14)7-18-3/h8-9,14H,4-7H2,1-3H3,(H,12,17)(H,15,16)/t8?,9-/m1/s1. The molecule has 106 valence electrons. The number of rotatable bonds is 8. The van der Waals surface area contributed by atoms with Crippen molar-refractivity contribution in [3.05, 3.63) is 0 Å². The van der Waals surface area contributed by atoms with Crippen LogP contribution in [0.2, 0.25) is 0 Å². The van der Waals surface area contributed by atoms with E-state index < -0.39 is 24.1 Å². The first-order valence-electron chi connectivity index (χ1n) is 5.83. The minimum atomic E-state index is -1.06. The van der Waals surface area contributed by atoms with Gasteiger partial charge in [0.15, 0.2) is 0 Å². The van der Waals surface area contributed by atoms with Crippen LogP contribution in [0.5, 0.6) is 0 Å². The number of hydrogen-bond donors (Lipinski definition) is 3. The summed E-state index contributed by atoms with van der Waals surface area (Å²) in [6.07, 6.45) is 0.239. The lowest BCUT2D eigenvalue weighted by Gasteiger charge is -2.23. The molecule has 2 amide bonds. The number of carboxylic acid groups (broad SMARTS) is 1. The predicted molar refractivity (Wildman–Crippen MR) is 65.4 cm³/mol. The van der Waals surface area contributed by atoms with E-state index in [1.165, 1.54) is 19.1 Å². The molecule has 0 bridgehead atoms. The van der Waals surface area contributed by atoms with Crippen LogP contribution in [0.1, 0.15) is 19.8 Å². The largest absolute Gasteiger partial charge is 0.480 e. The van der Waals surface area contributed by atoms with Crippen LogP contribution < -0.4 is 5.32 Å². The first-order valence-corrected chi connectivity index (χ1v) is 5.83. The summed E-state index contributed by atoms with van der Waals surface area (Å²) >= 11 is 0. The Morgan fingerprint density at radius 2 is 2.06 bits per heavy atom. The Kier molecular flexibility index (Phi) is 8.06. The Hall–Kier alpha value is -1.34. The normalized spacial score (nSPS) is 13.8. The van der Waals surface area contributed by atoms with E-state index in [2.05, 4.69) is 5.32 Å². The molecule has 0 saturated heterocycles. The fourth-order valence-corrected chi connectivity index (χ4v) is 1.45. The van der Waals surface area contributed by atoms with Crippen molar-refractivity contribution < 1.29 is 24.5 Å². The molecule has 0 aromatic carbocycles. The zero-order valence-electron chi connectivity index (χ0n) is 11.0. The fraction of sp³-hybridized carbons (Fsp3) is 0.818. The van der Waals surface area contributed by atoms with Crippen molar-refractivity contribution in [3.8, 4) is 0 Å². The van der Waals surface area contributed by atoms with Crippen LogP contribution in [0.25, 0.3) is 0 Å². The number of aliphatic hydroxyl groups is 1. The number of carboxylic acids is 1. The Balaban J connectivity index is 4.23. The van der Waals surface area contributed by atoms with Crippen molar-refractivity contribution in [2.24, 2.45) is 0 Å². The van der Waals surface area contributed by atoms with Crippen molar-refractivity contribution in [1.29, 1.82) is 0 Å². The number of nitrogens with zero attached hydrogens (tertiary/aromatic N) is 1. The number of urea groups is 1. The lowest BCUT2D eigenvalue weighted by molar-refractivity contribution is -0.139. The highest BCUT2D eigenvalue weighted by molar-refractivity contribution is 5.82. The molecular formula is C11H22N2O5. The van der Waals surface area contributed by atoms with E-state index in [0.717, 1.165) is 0 Å². The zero-order valence-corrected chi connectivity index (χ0v) is 11.0. The van der Waals surface area contributed by atoms with Gasteiger partial charge in [0.05, 0.1) is 19.3 Å². The van der Waals surface area contributed by atoms with E-state index in [9.17, 15) is 14.7 Å². The van der Waals surface area contributed by atoms with Gasteiger partial charge in [0, 0.05) is 14.2 Å². The van der Waals surface area contributed by atoms with Gasteiger partial charge in [-0.1, -0.05) is 13.3 Å². The number of amides is 2. The average molecular weight is 262 g/mol. The number of carbonyl (C=O) groups excluding carboxylic acids is 1. The number of ether oxygens (including phenoxy) is 1. The number of aliphatic carboxylic acids is 1. The van der Waals surface area contributed by atoms with E-state index in [1.807, 2.05) is 6.92 Å². The quantitative estimate of drug-likeness (QED) is 0.567. The lowest BCUT2D eigenvalue weighted by Crippen LogP contribution is -2.48.